The molecule has 3 rings (SSSR count). The topological polar surface area (TPSA) is 239 Å². The summed E-state index contributed by atoms with van der Waals surface area (Å²) in [4.78, 5) is 38.3. The molecule has 0 amide bonds. The maximum Gasteiger partial charge on any atom is 0.488 e. The maximum atomic E-state index is 12.2. The number of nitrogen functional groups attached to an aromatic ring is 1. The minimum atomic E-state index is -5.38. The largest absolute Gasteiger partial charge is 0.488 e. The predicted octanol–water partition coefficient (Wildman–Crippen LogP) is 0.123. The summed E-state index contributed by atoms with van der Waals surface area (Å²) in [5, 5.41) is 10.3. The van der Waals surface area contributed by atoms with E-state index >= 15 is 0 Å². The Morgan fingerprint density at radius 2 is 1.93 bits per heavy atom. The third-order valence-corrected chi connectivity index (χ3v) is 8.09. The number of nitrogens with two attached hydrogens (primary N) is 1. The molecule has 0 aliphatic carbocycles. The van der Waals surface area contributed by atoms with E-state index in [1.165, 1.54) is 17.2 Å². The van der Waals surface area contributed by atoms with Gasteiger partial charge in [-0.2, -0.15) is 4.31 Å². The van der Waals surface area contributed by atoms with Crippen molar-refractivity contribution < 1.29 is 51.4 Å². The highest BCUT2D eigenvalue weighted by molar-refractivity contribution is 7.68. The van der Waals surface area contributed by atoms with Gasteiger partial charge in [-0.3, -0.25) is 9.13 Å². The number of imidazole rings is 1. The van der Waals surface area contributed by atoms with Crippen molar-refractivity contribution in [3.8, 4) is 0 Å². The van der Waals surface area contributed by atoms with E-state index in [2.05, 4.69) is 23.6 Å². The monoisotopic (exact) mass is 489 g/mol. The highest BCUT2D eigenvalue weighted by atomic mass is 31.3. The Bertz CT molecular complexity index is 1070. The summed E-state index contributed by atoms with van der Waals surface area (Å²) >= 11 is 0. The van der Waals surface area contributed by atoms with Crippen LogP contribution in [0.5, 0.6) is 0 Å². The number of hydrogen-bond donors (Lipinski definition) is 5. The molecule has 5 unspecified atom stereocenters. The molecule has 16 nitrogen and oxygen atoms in total. The Kier molecular flexibility index (Phi) is 6.50. The van der Waals surface area contributed by atoms with Gasteiger partial charge in [-0.15, -0.1) is 0 Å². The first-order valence-electron chi connectivity index (χ1n) is 8.06. The van der Waals surface area contributed by atoms with Crippen molar-refractivity contribution in [2.45, 2.75) is 24.9 Å². The molecule has 6 N–H and O–H groups in total. The fourth-order valence-corrected chi connectivity index (χ4v) is 6.31. The standard InChI is InChI=1S/C11H18N5O11P3/c1-28(18,26-30(22,23)27-29(19,20)21)24-3-6-2-7(17)11(25-6)16-5-15-8-9(12)13-4-14-10(8)16/h4-7,11,17H,2-3H2,1H3,(H,22,23)(H2,12,13,14)(H2,19,20,21). The highest BCUT2D eigenvalue weighted by Gasteiger charge is 2.41. The van der Waals surface area contributed by atoms with E-state index in [1.807, 2.05) is 0 Å². The van der Waals surface area contributed by atoms with Crippen LogP contribution >= 0.6 is 23.2 Å². The van der Waals surface area contributed by atoms with Crippen molar-refractivity contribution in [1.29, 1.82) is 0 Å². The molecule has 30 heavy (non-hydrogen) atoms. The molecule has 3 heterocycles. The molecule has 2 aromatic heterocycles. The molecule has 0 aromatic carbocycles. The number of hydrogen-bond acceptors (Lipinski definition) is 12. The molecular formula is C11H18N5O11P3. The van der Waals surface area contributed by atoms with Gasteiger partial charge in [-0.1, -0.05) is 0 Å². The van der Waals surface area contributed by atoms with Crippen LogP contribution in [0.2, 0.25) is 0 Å². The number of rotatable bonds is 8. The number of fused-ring (bicyclic) bond motifs is 1. The fraction of sp³-hybridized carbons (Fsp3) is 0.545. The summed E-state index contributed by atoms with van der Waals surface area (Å²) in [7, 11) is -15.1. The summed E-state index contributed by atoms with van der Waals surface area (Å²) in [6.07, 6.45) is -0.194. The van der Waals surface area contributed by atoms with Crippen LogP contribution in [0, 0.1) is 0 Å². The summed E-state index contributed by atoms with van der Waals surface area (Å²) in [6.45, 7) is 0.353. The smallest absolute Gasteiger partial charge is 0.388 e. The molecule has 0 radical (unpaired) electrons. The first kappa shape index (κ1) is 23.4. The number of aromatic nitrogens is 4. The normalized spacial score (nSPS) is 26.5. The van der Waals surface area contributed by atoms with Crippen LogP contribution < -0.4 is 5.73 Å². The SMILES string of the molecule is CP(=O)(OCC1CC(O)C(n2cnc3c(N)ncnc32)O1)OP(=O)(O)OP(=O)(O)O. The summed E-state index contributed by atoms with van der Waals surface area (Å²) in [6, 6.07) is 0. The van der Waals surface area contributed by atoms with Crippen molar-refractivity contribution in [3.05, 3.63) is 12.7 Å². The number of nitrogens with zero attached hydrogens (tertiary/aromatic N) is 4. The van der Waals surface area contributed by atoms with Gasteiger partial charge in [-0.05, 0) is 0 Å². The Morgan fingerprint density at radius 3 is 2.60 bits per heavy atom. The second-order valence-corrected chi connectivity index (χ2v) is 11.2. The molecule has 0 bridgehead atoms. The molecule has 5 atom stereocenters. The van der Waals surface area contributed by atoms with E-state index in [0.717, 1.165) is 6.66 Å². The maximum absolute atomic E-state index is 12.2. The quantitative estimate of drug-likeness (QED) is 0.309. The molecule has 0 spiro atoms. The lowest BCUT2D eigenvalue weighted by molar-refractivity contribution is -0.0464. The van der Waals surface area contributed by atoms with E-state index < -0.39 is 48.3 Å². The fourth-order valence-electron chi connectivity index (χ4n) is 2.72. The van der Waals surface area contributed by atoms with Gasteiger partial charge in [0.15, 0.2) is 17.7 Å². The van der Waals surface area contributed by atoms with Crippen LogP contribution in [0.1, 0.15) is 12.6 Å². The van der Waals surface area contributed by atoms with Crippen LogP contribution in [0.15, 0.2) is 12.7 Å². The lowest BCUT2D eigenvalue weighted by Crippen LogP contribution is -2.19. The Morgan fingerprint density at radius 1 is 1.23 bits per heavy atom. The van der Waals surface area contributed by atoms with Crippen molar-refractivity contribution in [1.82, 2.24) is 19.5 Å². The van der Waals surface area contributed by atoms with Gasteiger partial charge in [-0.25, -0.2) is 28.4 Å². The lowest BCUT2D eigenvalue weighted by atomic mass is 10.2. The summed E-state index contributed by atoms with van der Waals surface area (Å²) in [5.74, 6) is 0.140. The lowest BCUT2D eigenvalue weighted by Gasteiger charge is -2.20. The number of anilines is 1. The average Bonchev–Trinajstić information content (AvgIpc) is 3.13. The summed E-state index contributed by atoms with van der Waals surface area (Å²) < 4.78 is 54.2. The third-order valence-electron chi connectivity index (χ3n) is 3.78. The third kappa shape index (κ3) is 5.69. The van der Waals surface area contributed by atoms with Gasteiger partial charge in [0.1, 0.15) is 17.9 Å². The number of phosphoric acid groups is 2. The average molecular weight is 489 g/mol. The van der Waals surface area contributed by atoms with E-state index in [4.69, 9.17) is 24.8 Å². The van der Waals surface area contributed by atoms with Crippen LogP contribution in [0.4, 0.5) is 5.82 Å². The molecule has 1 aliphatic heterocycles. The van der Waals surface area contributed by atoms with Gasteiger partial charge < -0.3 is 34.8 Å². The first-order chi connectivity index (χ1) is 13.8. The molecule has 0 saturated carbocycles. The molecule has 1 saturated heterocycles. The minimum Gasteiger partial charge on any atom is -0.388 e. The molecular weight excluding hydrogens is 471 g/mol. The van der Waals surface area contributed by atoms with Crippen LogP contribution in [0.25, 0.3) is 11.2 Å². The Labute approximate surface area is 168 Å². The summed E-state index contributed by atoms with van der Waals surface area (Å²) in [5.41, 5.74) is 6.34. The van der Waals surface area contributed by atoms with Crippen molar-refractivity contribution in [3.63, 3.8) is 0 Å². The number of aliphatic hydroxyl groups is 1. The number of aliphatic hydroxyl groups excluding tert-OH is 1. The zero-order chi connectivity index (χ0) is 22.3. The zero-order valence-corrected chi connectivity index (χ0v) is 17.8. The first-order valence-corrected chi connectivity index (χ1v) is 13.1. The predicted molar refractivity (Wildman–Crippen MR) is 97.8 cm³/mol. The van der Waals surface area contributed by atoms with Gasteiger partial charge in [0.2, 0.25) is 0 Å². The van der Waals surface area contributed by atoms with Gasteiger partial charge >= 0.3 is 23.2 Å². The Balaban J connectivity index is 1.63. The van der Waals surface area contributed by atoms with Crippen molar-refractivity contribution in [2.24, 2.45) is 0 Å². The Hall–Kier alpha value is -1.28. The molecule has 2 aromatic rings. The molecule has 1 fully saturated rings. The molecule has 168 valence electrons. The molecule has 19 heteroatoms. The van der Waals surface area contributed by atoms with Crippen LogP contribution in [-0.2, 0) is 31.6 Å². The van der Waals surface area contributed by atoms with Crippen LogP contribution in [0.3, 0.4) is 0 Å². The van der Waals surface area contributed by atoms with Crippen molar-refractivity contribution in [2.75, 3.05) is 19.0 Å². The minimum absolute atomic E-state index is 0.0284. The van der Waals surface area contributed by atoms with E-state index in [0.29, 0.717) is 11.2 Å². The van der Waals surface area contributed by atoms with Gasteiger partial charge in [0.25, 0.3) is 0 Å². The highest BCUT2D eigenvalue weighted by Crippen LogP contribution is 2.66. The second kappa shape index (κ2) is 8.34. The van der Waals surface area contributed by atoms with E-state index in [9.17, 15) is 23.7 Å². The second-order valence-electron chi connectivity index (χ2n) is 6.22. The van der Waals surface area contributed by atoms with E-state index in [-0.39, 0.29) is 12.2 Å². The van der Waals surface area contributed by atoms with Crippen LogP contribution in [-0.4, -0.2) is 64.8 Å². The van der Waals surface area contributed by atoms with Crippen molar-refractivity contribution >= 4 is 40.2 Å². The van der Waals surface area contributed by atoms with Gasteiger partial charge in [0.05, 0.1) is 19.0 Å². The van der Waals surface area contributed by atoms with Gasteiger partial charge in [0, 0.05) is 13.1 Å². The molecule has 1 aliphatic rings. The van der Waals surface area contributed by atoms with E-state index in [1.54, 1.807) is 0 Å². The zero-order valence-electron chi connectivity index (χ0n) is 15.2. The number of ether oxygens (including phenoxy) is 1.